The number of fused-ring (bicyclic) bond motifs is 1. The number of amides is 3. The van der Waals surface area contributed by atoms with Gasteiger partial charge in [-0.25, -0.2) is 0 Å². The van der Waals surface area contributed by atoms with Crippen LogP contribution in [0.25, 0.3) is 0 Å². The Morgan fingerprint density at radius 2 is 1.76 bits per heavy atom. The molecule has 1 atom stereocenters. The van der Waals surface area contributed by atoms with Gasteiger partial charge in [0.15, 0.2) is 6.61 Å². The molecule has 2 aromatic carbocycles. The number of rotatable bonds is 5. The van der Waals surface area contributed by atoms with E-state index in [4.69, 9.17) is 4.74 Å². The largest absolute Gasteiger partial charge is 0.454 e. The normalized spacial score (nSPS) is 15.7. The lowest BCUT2D eigenvalue weighted by Crippen LogP contribution is -2.42. The van der Waals surface area contributed by atoms with Gasteiger partial charge in [0.2, 0.25) is 5.91 Å². The first kappa shape index (κ1) is 24.0. The van der Waals surface area contributed by atoms with Crippen molar-refractivity contribution in [3.63, 3.8) is 0 Å². The van der Waals surface area contributed by atoms with E-state index >= 15 is 0 Å². The van der Waals surface area contributed by atoms with Crippen LogP contribution in [0.4, 0.5) is 11.4 Å². The van der Waals surface area contributed by atoms with Gasteiger partial charge in [0.05, 0.1) is 11.4 Å². The monoisotopic (exact) mass is 451 g/mol. The molecular formula is C25H29N3O5. The predicted molar refractivity (Wildman–Crippen MR) is 125 cm³/mol. The van der Waals surface area contributed by atoms with Gasteiger partial charge in [-0.15, -0.1) is 0 Å². The Labute approximate surface area is 193 Å². The van der Waals surface area contributed by atoms with E-state index in [1.165, 1.54) is 4.90 Å². The number of carbonyl (C=O) groups is 4. The molecule has 0 aromatic heterocycles. The van der Waals surface area contributed by atoms with E-state index < -0.39 is 30.4 Å². The highest BCUT2D eigenvalue weighted by Gasteiger charge is 2.30. The standard InChI is InChI=1S/C25H29N3O5/c1-16-13-21(29)27-19-7-5-6-8-20(19)28(16)22(30)15-33-23(31)14-26-24(32)17-9-11-18(12-10-17)25(2,3)4/h5-12,16H,13-15H2,1-4H3,(H,26,32)(H,27,29). The van der Waals surface area contributed by atoms with Crippen LogP contribution in [0.5, 0.6) is 0 Å². The Morgan fingerprint density at radius 3 is 2.42 bits per heavy atom. The van der Waals surface area contributed by atoms with Gasteiger partial charge in [0.1, 0.15) is 6.54 Å². The Bertz CT molecular complexity index is 1060. The molecule has 2 aromatic rings. The fourth-order valence-electron chi connectivity index (χ4n) is 3.61. The van der Waals surface area contributed by atoms with Gasteiger partial charge in [-0.2, -0.15) is 0 Å². The van der Waals surface area contributed by atoms with Gasteiger partial charge in [-0.3, -0.25) is 19.2 Å². The van der Waals surface area contributed by atoms with E-state index in [-0.39, 0.29) is 24.3 Å². The predicted octanol–water partition coefficient (Wildman–Crippen LogP) is 3.02. The molecule has 0 fully saturated rings. The molecule has 1 aliphatic heterocycles. The molecule has 174 valence electrons. The van der Waals surface area contributed by atoms with E-state index in [0.29, 0.717) is 16.9 Å². The molecule has 33 heavy (non-hydrogen) atoms. The molecule has 0 saturated heterocycles. The quantitative estimate of drug-likeness (QED) is 0.680. The maximum atomic E-state index is 12.8. The number of hydrogen-bond acceptors (Lipinski definition) is 5. The molecule has 1 aliphatic rings. The summed E-state index contributed by atoms with van der Waals surface area (Å²) < 4.78 is 5.09. The van der Waals surface area contributed by atoms with E-state index in [9.17, 15) is 19.2 Å². The summed E-state index contributed by atoms with van der Waals surface area (Å²) in [6.07, 6.45) is 0.123. The minimum Gasteiger partial charge on any atom is -0.454 e. The van der Waals surface area contributed by atoms with Crippen LogP contribution >= 0.6 is 0 Å². The summed E-state index contributed by atoms with van der Waals surface area (Å²) in [6, 6.07) is 13.7. The minimum absolute atomic E-state index is 0.0277. The van der Waals surface area contributed by atoms with Crippen LogP contribution in [0, 0.1) is 0 Å². The van der Waals surface area contributed by atoms with Gasteiger partial charge >= 0.3 is 5.97 Å². The van der Waals surface area contributed by atoms with Crippen LogP contribution in [-0.4, -0.2) is 42.9 Å². The molecule has 0 saturated carbocycles. The van der Waals surface area contributed by atoms with Crippen molar-refractivity contribution in [2.75, 3.05) is 23.4 Å². The van der Waals surface area contributed by atoms with E-state index in [1.807, 2.05) is 12.1 Å². The molecule has 0 radical (unpaired) electrons. The Kier molecular flexibility index (Phi) is 7.16. The second-order valence-corrected chi connectivity index (χ2v) is 9.05. The first-order chi connectivity index (χ1) is 15.6. The highest BCUT2D eigenvalue weighted by Crippen LogP contribution is 2.31. The molecular weight excluding hydrogens is 422 g/mol. The van der Waals surface area contributed by atoms with Crippen molar-refractivity contribution in [1.82, 2.24) is 5.32 Å². The highest BCUT2D eigenvalue weighted by molar-refractivity contribution is 6.05. The fraction of sp³-hybridized carbons (Fsp3) is 0.360. The van der Waals surface area contributed by atoms with Crippen LogP contribution in [0.3, 0.4) is 0 Å². The van der Waals surface area contributed by atoms with Crippen LogP contribution in [0.15, 0.2) is 48.5 Å². The molecule has 1 heterocycles. The van der Waals surface area contributed by atoms with E-state index in [1.54, 1.807) is 43.3 Å². The summed E-state index contributed by atoms with van der Waals surface area (Å²) in [5, 5.41) is 5.28. The summed E-state index contributed by atoms with van der Waals surface area (Å²) >= 11 is 0. The van der Waals surface area contributed by atoms with E-state index in [0.717, 1.165) is 5.56 Å². The molecule has 8 heteroatoms. The summed E-state index contributed by atoms with van der Waals surface area (Å²) in [4.78, 5) is 50.8. The summed E-state index contributed by atoms with van der Waals surface area (Å²) in [7, 11) is 0. The highest BCUT2D eigenvalue weighted by atomic mass is 16.5. The molecule has 2 N–H and O–H groups in total. The SMILES string of the molecule is CC1CC(=O)Nc2ccccc2N1C(=O)COC(=O)CNC(=O)c1ccc(C(C)(C)C)cc1. The third-order valence-electron chi connectivity index (χ3n) is 5.39. The van der Waals surface area contributed by atoms with Crippen LogP contribution in [-0.2, 0) is 24.5 Å². The topological polar surface area (TPSA) is 105 Å². The zero-order valence-corrected chi connectivity index (χ0v) is 19.3. The van der Waals surface area contributed by atoms with Gasteiger partial charge in [-0.05, 0) is 42.2 Å². The van der Waals surface area contributed by atoms with Crippen LogP contribution in [0.1, 0.15) is 50.0 Å². The number of esters is 1. The van der Waals surface area contributed by atoms with Crippen LogP contribution in [0.2, 0.25) is 0 Å². The molecule has 3 rings (SSSR count). The van der Waals surface area contributed by atoms with Gasteiger partial charge in [0, 0.05) is 18.0 Å². The number of carbonyl (C=O) groups excluding carboxylic acids is 4. The third-order valence-corrected chi connectivity index (χ3v) is 5.39. The van der Waals surface area contributed by atoms with Crippen molar-refractivity contribution in [2.45, 2.75) is 45.6 Å². The zero-order valence-electron chi connectivity index (χ0n) is 19.3. The molecule has 8 nitrogen and oxygen atoms in total. The van der Waals surface area contributed by atoms with Crippen molar-refractivity contribution in [3.05, 3.63) is 59.7 Å². The van der Waals surface area contributed by atoms with Crippen molar-refractivity contribution in [2.24, 2.45) is 0 Å². The minimum atomic E-state index is -0.729. The Balaban J connectivity index is 1.55. The number of benzene rings is 2. The molecule has 0 aliphatic carbocycles. The maximum absolute atomic E-state index is 12.8. The van der Waals surface area contributed by atoms with Crippen molar-refractivity contribution in [3.8, 4) is 0 Å². The summed E-state index contributed by atoms with van der Waals surface area (Å²) in [5.74, 6) is -1.78. The maximum Gasteiger partial charge on any atom is 0.325 e. The second kappa shape index (κ2) is 9.85. The van der Waals surface area contributed by atoms with Crippen molar-refractivity contribution in [1.29, 1.82) is 0 Å². The number of para-hydroxylation sites is 2. The Hall–Kier alpha value is -3.68. The molecule has 0 spiro atoms. The van der Waals surface area contributed by atoms with Gasteiger partial charge in [0.25, 0.3) is 11.8 Å². The first-order valence-electron chi connectivity index (χ1n) is 10.8. The molecule has 3 amide bonds. The number of hydrogen-bond donors (Lipinski definition) is 2. The molecule has 0 bridgehead atoms. The Morgan fingerprint density at radius 1 is 1.09 bits per heavy atom. The summed E-state index contributed by atoms with van der Waals surface area (Å²) in [5.41, 5.74) is 2.57. The second-order valence-electron chi connectivity index (χ2n) is 9.05. The van der Waals surface area contributed by atoms with Crippen LogP contribution < -0.4 is 15.5 Å². The average molecular weight is 452 g/mol. The smallest absolute Gasteiger partial charge is 0.325 e. The summed E-state index contributed by atoms with van der Waals surface area (Å²) in [6.45, 7) is 7.14. The first-order valence-corrected chi connectivity index (χ1v) is 10.8. The molecule has 1 unspecified atom stereocenters. The average Bonchev–Trinajstić information content (AvgIpc) is 2.89. The van der Waals surface area contributed by atoms with Gasteiger partial charge in [-0.1, -0.05) is 45.0 Å². The van der Waals surface area contributed by atoms with Crippen molar-refractivity contribution >= 4 is 35.1 Å². The van der Waals surface area contributed by atoms with E-state index in [2.05, 4.69) is 31.4 Å². The van der Waals surface area contributed by atoms with Gasteiger partial charge < -0.3 is 20.3 Å². The zero-order chi connectivity index (χ0) is 24.2. The number of anilines is 2. The number of nitrogens with zero attached hydrogens (tertiary/aromatic N) is 1. The fourth-order valence-corrected chi connectivity index (χ4v) is 3.61. The number of nitrogens with one attached hydrogen (secondary N) is 2. The lowest BCUT2D eigenvalue weighted by molar-refractivity contribution is -0.146. The van der Waals surface area contributed by atoms with Crippen molar-refractivity contribution < 1.29 is 23.9 Å². The number of ether oxygens (including phenoxy) is 1. The lowest BCUT2D eigenvalue weighted by atomic mass is 9.87. The lowest BCUT2D eigenvalue weighted by Gasteiger charge is -2.27. The third kappa shape index (κ3) is 5.97.